The predicted molar refractivity (Wildman–Crippen MR) is 53.6 cm³/mol. The Morgan fingerprint density at radius 1 is 1.31 bits per heavy atom. The van der Waals surface area contributed by atoms with E-state index in [1.165, 1.54) is 19.3 Å². The molecule has 0 unspecified atom stereocenters. The second-order valence-electron chi connectivity index (χ2n) is 5.01. The van der Waals surface area contributed by atoms with Gasteiger partial charge in [0.1, 0.15) is 0 Å². The second kappa shape index (κ2) is 3.58. The minimum Gasteiger partial charge on any atom is -0.390 e. The van der Waals surface area contributed by atoms with Crippen LogP contribution in [0.3, 0.4) is 0 Å². The molecule has 76 valence electrons. The quantitative estimate of drug-likeness (QED) is 0.719. The van der Waals surface area contributed by atoms with E-state index in [2.05, 4.69) is 11.9 Å². The lowest BCUT2D eigenvalue weighted by Crippen LogP contribution is -2.42. The Hall–Kier alpha value is -0.0800. The van der Waals surface area contributed by atoms with E-state index in [1.807, 2.05) is 0 Å². The van der Waals surface area contributed by atoms with Crippen molar-refractivity contribution in [3.63, 3.8) is 0 Å². The van der Waals surface area contributed by atoms with Gasteiger partial charge in [-0.3, -0.25) is 0 Å². The molecule has 1 heterocycles. The van der Waals surface area contributed by atoms with Gasteiger partial charge in [-0.1, -0.05) is 12.8 Å². The monoisotopic (exact) mass is 183 g/mol. The molecule has 1 N–H and O–H groups in total. The highest BCUT2D eigenvalue weighted by Gasteiger charge is 2.33. The predicted octanol–water partition coefficient (Wildman–Crippen LogP) is 1.63. The molecule has 1 aliphatic heterocycles. The van der Waals surface area contributed by atoms with Crippen LogP contribution in [0, 0.1) is 5.92 Å². The highest BCUT2D eigenvalue weighted by atomic mass is 16.3. The van der Waals surface area contributed by atoms with Crippen LogP contribution in [0.5, 0.6) is 0 Å². The summed E-state index contributed by atoms with van der Waals surface area (Å²) in [5.74, 6) is 0.962. The van der Waals surface area contributed by atoms with Gasteiger partial charge in [0.2, 0.25) is 0 Å². The zero-order chi connectivity index (χ0) is 9.31. The van der Waals surface area contributed by atoms with Crippen molar-refractivity contribution < 1.29 is 5.11 Å². The van der Waals surface area contributed by atoms with E-state index in [0.29, 0.717) is 0 Å². The third-order valence-electron chi connectivity index (χ3n) is 3.63. The fourth-order valence-electron chi connectivity index (χ4n) is 2.16. The lowest BCUT2D eigenvalue weighted by Gasteiger charge is -2.36. The van der Waals surface area contributed by atoms with Gasteiger partial charge in [0.25, 0.3) is 0 Å². The van der Waals surface area contributed by atoms with Crippen LogP contribution in [0.1, 0.15) is 38.5 Å². The highest BCUT2D eigenvalue weighted by Crippen LogP contribution is 2.37. The van der Waals surface area contributed by atoms with Crippen LogP contribution in [0.25, 0.3) is 0 Å². The number of hydrogen-bond acceptors (Lipinski definition) is 2. The van der Waals surface area contributed by atoms with Crippen molar-refractivity contribution in [3.8, 4) is 0 Å². The molecule has 0 aromatic carbocycles. The molecule has 0 spiro atoms. The van der Waals surface area contributed by atoms with Crippen molar-refractivity contribution >= 4 is 0 Å². The fraction of sp³-hybridized carbons (Fsp3) is 1.00. The molecule has 1 saturated carbocycles. The summed E-state index contributed by atoms with van der Waals surface area (Å²) in [6.07, 6.45) is 7.10. The van der Waals surface area contributed by atoms with Crippen LogP contribution in [0.4, 0.5) is 0 Å². The Morgan fingerprint density at radius 2 is 1.92 bits per heavy atom. The van der Waals surface area contributed by atoms with Crippen molar-refractivity contribution in [3.05, 3.63) is 0 Å². The van der Waals surface area contributed by atoms with Crippen molar-refractivity contribution in [2.24, 2.45) is 5.92 Å². The van der Waals surface area contributed by atoms with Gasteiger partial charge in [0.05, 0.1) is 5.60 Å². The van der Waals surface area contributed by atoms with Crippen molar-refractivity contribution in [2.75, 3.05) is 20.1 Å². The zero-order valence-electron chi connectivity index (χ0n) is 8.63. The first kappa shape index (κ1) is 9.47. The van der Waals surface area contributed by atoms with Gasteiger partial charge in [-0.2, -0.15) is 0 Å². The first-order valence-electron chi connectivity index (χ1n) is 5.59. The molecule has 2 nitrogen and oxygen atoms in total. The summed E-state index contributed by atoms with van der Waals surface area (Å²) in [5, 5.41) is 10.2. The molecule has 2 fully saturated rings. The third kappa shape index (κ3) is 2.68. The Kier molecular flexibility index (Phi) is 2.61. The van der Waals surface area contributed by atoms with Gasteiger partial charge in [-0.05, 0) is 38.6 Å². The van der Waals surface area contributed by atoms with E-state index >= 15 is 0 Å². The average molecular weight is 183 g/mol. The molecule has 0 bridgehead atoms. The summed E-state index contributed by atoms with van der Waals surface area (Å²) in [6.45, 7) is 2.14. The fourth-order valence-corrected chi connectivity index (χ4v) is 2.16. The Balaban J connectivity index is 1.74. The molecule has 13 heavy (non-hydrogen) atoms. The van der Waals surface area contributed by atoms with E-state index < -0.39 is 0 Å². The molecular formula is C11H21NO. The largest absolute Gasteiger partial charge is 0.390 e. The highest BCUT2D eigenvalue weighted by molar-refractivity contribution is 4.87. The minimum atomic E-state index is -0.310. The summed E-state index contributed by atoms with van der Waals surface area (Å²) in [6, 6.07) is 0. The van der Waals surface area contributed by atoms with Crippen LogP contribution in [0.15, 0.2) is 0 Å². The Labute approximate surface area is 80.9 Å². The lowest BCUT2D eigenvalue weighted by molar-refractivity contribution is -0.0247. The molecule has 1 aliphatic carbocycles. The SMILES string of the molecule is CN1CCC(O)(CCC2CC2)CC1. The molecule has 0 radical (unpaired) electrons. The van der Waals surface area contributed by atoms with Crippen LogP contribution >= 0.6 is 0 Å². The summed E-state index contributed by atoms with van der Waals surface area (Å²) >= 11 is 0. The van der Waals surface area contributed by atoms with Crippen LogP contribution in [0.2, 0.25) is 0 Å². The molecule has 2 aliphatic rings. The van der Waals surface area contributed by atoms with Crippen LogP contribution in [-0.2, 0) is 0 Å². The van der Waals surface area contributed by atoms with Crippen molar-refractivity contribution in [2.45, 2.75) is 44.1 Å². The van der Waals surface area contributed by atoms with E-state index in [0.717, 1.165) is 38.3 Å². The molecule has 2 rings (SSSR count). The standard InChI is InChI=1S/C11H21NO/c1-12-8-6-11(13,7-9-12)5-4-10-2-3-10/h10,13H,2-9H2,1H3. The number of aliphatic hydroxyl groups is 1. The Bertz CT molecular complexity index is 169. The summed E-state index contributed by atoms with van der Waals surface area (Å²) in [7, 11) is 2.14. The van der Waals surface area contributed by atoms with Crippen molar-refractivity contribution in [1.29, 1.82) is 0 Å². The summed E-state index contributed by atoms with van der Waals surface area (Å²) < 4.78 is 0. The Morgan fingerprint density at radius 3 is 2.46 bits per heavy atom. The molecule has 2 heteroatoms. The molecule has 0 atom stereocenters. The van der Waals surface area contributed by atoms with Gasteiger partial charge in [-0.25, -0.2) is 0 Å². The smallest absolute Gasteiger partial charge is 0.0672 e. The molecule has 0 aromatic rings. The number of likely N-dealkylation sites (tertiary alicyclic amines) is 1. The van der Waals surface area contributed by atoms with E-state index in [1.54, 1.807) is 0 Å². The first-order valence-corrected chi connectivity index (χ1v) is 5.59. The third-order valence-corrected chi connectivity index (χ3v) is 3.63. The number of hydrogen-bond donors (Lipinski definition) is 1. The molecule has 1 saturated heterocycles. The van der Waals surface area contributed by atoms with Crippen LogP contribution in [-0.4, -0.2) is 35.7 Å². The normalized spacial score (nSPS) is 29.1. The molecule has 0 aromatic heterocycles. The van der Waals surface area contributed by atoms with Gasteiger partial charge < -0.3 is 10.0 Å². The maximum atomic E-state index is 10.2. The van der Waals surface area contributed by atoms with Crippen LogP contribution < -0.4 is 0 Å². The van der Waals surface area contributed by atoms with Gasteiger partial charge in [0, 0.05) is 13.1 Å². The van der Waals surface area contributed by atoms with E-state index in [9.17, 15) is 5.11 Å². The van der Waals surface area contributed by atoms with E-state index in [4.69, 9.17) is 0 Å². The summed E-state index contributed by atoms with van der Waals surface area (Å²) in [4.78, 5) is 2.31. The number of piperidine rings is 1. The molecule has 0 amide bonds. The zero-order valence-corrected chi connectivity index (χ0v) is 8.63. The average Bonchev–Trinajstić information content (AvgIpc) is 2.91. The second-order valence-corrected chi connectivity index (χ2v) is 5.01. The number of rotatable bonds is 3. The topological polar surface area (TPSA) is 23.5 Å². The number of nitrogens with zero attached hydrogens (tertiary/aromatic N) is 1. The minimum absolute atomic E-state index is 0.310. The van der Waals surface area contributed by atoms with Gasteiger partial charge in [-0.15, -0.1) is 0 Å². The van der Waals surface area contributed by atoms with Gasteiger partial charge >= 0.3 is 0 Å². The first-order chi connectivity index (χ1) is 6.18. The summed E-state index contributed by atoms with van der Waals surface area (Å²) in [5.41, 5.74) is -0.310. The van der Waals surface area contributed by atoms with Gasteiger partial charge in [0.15, 0.2) is 0 Å². The molecular weight excluding hydrogens is 162 g/mol. The maximum absolute atomic E-state index is 10.2. The van der Waals surface area contributed by atoms with E-state index in [-0.39, 0.29) is 5.60 Å². The maximum Gasteiger partial charge on any atom is 0.0672 e. The van der Waals surface area contributed by atoms with Crippen molar-refractivity contribution in [1.82, 2.24) is 4.90 Å². The lowest BCUT2D eigenvalue weighted by atomic mass is 9.86.